The summed E-state index contributed by atoms with van der Waals surface area (Å²) in [6.45, 7) is 0.513. The smallest absolute Gasteiger partial charge is 0.251 e. The highest BCUT2D eigenvalue weighted by atomic mass is 32.2. The van der Waals surface area contributed by atoms with Gasteiger partial charge in [-0.05, 0) is 42.5 Å². The molecule has 0 aliphatic rings. The molecule has 2 amide bonds. The number of nitrogens with zero attached hydrogens (tertiary/aromatic N) is 1. The van der Waals surface area contributed by atoms with E-state index in [2.05, 4.69) is 25.3 Å². The quantitative estimate of drug-likeness (QED) is 0.440. The number of H-pyrrole nitrogens is 1. The molecule has 2 aromatic carbocycles. The summed E-state index contributed by atoms with van der Waals surface area (Å²) in [5, 5.41) is 5.42. The first-order valence-corrected chi connectivity index (χ1v) is 10.3. The van der Waals surface area contributed by atoms with E-state index in [0.29, 0.717) is 16.8 Å². The Hall–Kier alpha value is -3.40. The Balaban J connectivity index is 1.46. The Morgan fingerprint density at radius 3 is 2.21 bits per heavy atom. The predicted molar refractivity (Wildman–Crippen MR) is 106 cm³/mol. The molecule has 146 valence electrons. The largest absolute Gasteiger partial charge is 0.350 e. The van der Waals surface area contributed by atoms with E-state index >= 15 is 0 Å². The van der Waals surface area contributed by atoms with Gasteiger partial charge >= 0.3 is 0 Å². The summed E-state index contributed by atoms with van der Waals surface area (Å²) in [6, 6.07) is 11.2. The van der Waals surface area contributed by atoms with Gasteiger partial charge in [-0.1, -0.05) is 0 Å². The molecule has 4 N–H and O–H groups in total. The molecule has 0 aliphatic heterocycles. The minimum atomic E-state index is -3.36. The molecule has 0 atom stereocenters. The average Bonchev–Trinajstić information content (AvgIpc) is 3.12. The number of rotatable bonds is 7. The van der Waals surface area contributed by atoms with E-state index in [1.165, 1.54) is 24.3 Å². The SMILES string of the molecule is CS(=O)(=O)Nc1ccc(C(=O)NCCNC(=O)c2ccc3nc[nH]c3c2)cc1. The lowest BCUT2D eigenvalue weighted by Gasteiger charge is -2.08. The Kier molecular flexibility index (Phi) is 5.59. The molecule has 0 bridgehead atoms. The molecule has 0 unspecified atom stereocenters. The summed E-state index contributed by atoms with van der Waals surface area (Å²) >= 11 is 0. The summed E-state index contributed by atoms with van der Waals surface area (Å²) in [5.74, 6) is -0.569. The van der Waals surface area contributed by atoms with Gasteiger partial charge in [0.25, 0.3) is 11.8 Å². The summed E-state index contributed by atoms with van der Waals surface area (Å²) in [7, 11) is -3.36. The highest BCUT2D eigenvalue weighted by molar-refractivity contribution is 7.92. The van der Waals surface area contributed by atoms with Gasteiger partial charge < -0.3 is 15.6 Å². The number of amides is 2. The van der Waals surface area contributed by atoms with Crippen LogP contribution in [-0.4, -0.2) is 49.5 Å². The number of hydrogen-bond acceptors (Lipinski definition) is 5. The van der Waals surface area contributed by atoms with Crippen LogP contribution in [-0.2, 0) is 10.0 Å². The number of nitrogens with one attached hydrogen (secondary N) is 4. The topological polar surface area (TPSA) is 133 Å². The van der Waals surface area contributed by atoms with Gasteiger partial charge in [-0.25, -0.2) is 13.4 Å². The first-order valence-electron chi connectivity index (χ1n) is 8.39. The molecule has 0 aliphatic carbocycles. The number of carbonyl (C=O) groups is 2. The number of imidazole rings is 1. The van der Waals surface area contributed by atoms with Gasteiger partial charge in [0.2, 0.25) is 10.0 Å². The van der Waals surface area contributed by atoms with Crippen molar-refractivity contribution in [3.8, 4) is 0 Å². The Morgan fingerprint density at radius 1 is 0.964 bits per heavy atom. The molecule has 1 heterocycles. The fourth-order valence-electron chi connectivity index (χ4n) is 2.54. The second-order valence-corrected chi connectivity index (χ2v) is 7.85. The molecule has 1 aromatic heterocycles. The van der Waals surface area contributed by atoms with Gasteiger partial charge in [-0.3, -0.25) is 14.3 Å². The highest BCUT2D eigenvalue weighted by Gasteiger charge is 2.09. The van der Waals surface area contributed by atoms with E-state index in [0.717, 1.165) is 17.3 Å². The number of carbonyl (C=O) groups excluding carboxylic acids is 2. The maximum atomic E-state index is 12.2. The summed E-state index contributed by atoms with van der Waals surface area (Å²) in [5.41, 5.74) is 2.81. The van der Waals surface area contributed by atoms with Crippen LogP contribution in [0.1, 0.15) is 20.7 Å². The van der Waals surface area contributed by atoms with Gasteiger partial charge in [0.05, 0.1) is 23.6 Å². The molecular weight excluding hydrogens is 382 g/mol. The van der Waals surface area contributed by atoms with Crippen molar-refractivity contribution >= 4 is 38.6 Å². The molecule has 0 saturated heterocycles. The van der Waals surface area contributed by atoms with Crippen LogP contribution in [0.5, 0.6) is 0 Å². The fourth-order valence-corrected chi connectivity index (χ4v) is 3.10. The predicted octanol–water partition coefficient (Wildman–Crippen LogP) is 1.09. The third-order valence-electron chi connectivity index (χ3n) is 3.83. The minimum absolute atomic E-state index is 0.248. The zero-order chi connectivity index (χ0) is 20.1. The van der Waals surface area contributed by atoms with Crippen LogP contribution in [0.3, 0.4) is 0 Å². The molecule has 3 rings (SSSR count). The van der Waals surface area contributed by atoms with Crippen molar-refractivity contribution in [2.75, 3.05) is 24.1 Å². The number of anilines is 1. The van der Waals surface area contributed by atoms with Crippen LogP contribution in [0.25, 0.3) is 11.0 Å². The lowest BCUT2D eigenvalue weighted by Crippen LogP contribution is -2.34. The summed E-state index contributed by atoms with van der Waals surface area (Å²) < 4.78 is 24.7. The number of aromatic nitrogens is 2. The number of fused-ring (bicyclic) bond motifs is 1. The zero-order valence-electron chi connectivity index (χ0n) is 15.0. The third kappa shape index (κ3) is 5.07. The lowest BCUT2D eigenvalue weighted by molar-refractivity contribution is 0.0928. The van der Waals surface area contributed by atoms with Crippen LogP contribution < -0.4 is 15.4 Å². The van der Waals surface area contributed by atoms with E-state index in [1.807, 2.05) is 0 Å². The monoisotopic (exact) mass is 401 g/mol. The Bertz CT molecular complexity index is 1110. The second kappa shape index (κ2) is 8.09. The normalized spacial score (nSPS) is 11.2. The Labute approximate surface area is 161 Å². The van der Waals surface area contributed by atoms with Crippen LogP contribution >= 0.6 is 0 Å². The molecular formula is C18H19N5O4S. The number of hydrogen-bond donors (Lipinski definition) is 4. The van der Waals surface area contributed by atoms with Gasteiger partial charge in [-0.15, -0.1) is 0 Å². The van der Waals surface area contributed by atoms with Crippen molar-refractivity contribution in [1.29, 1.82) is 0 Å². The van der Waals surface area contributed by atoms with E-state index in [-0.39, 0.29) is 24.9 Å². The third-order valence-corrected chi connectivity index (χ3v) is 4.44. The molecule has 0 fully saturated rings. The molecule has 0 radical (unpaired) electrons. The van der Waals surface area contributed by atoms with E-state index in [4.69, 9.17) is 0 Å². The molecule has 9 nitrogen and oxygen atoms in total. The maximum Gasteiger partial charge on any atom is 0.251 e. The van der Waals surface area contributed by atoms with Crippen molar-refractivity contribution in [2.45, 2.75) is 0 Å². The van der Waals surface area contributed by atoms with E-state index in [1.54, 1.807) is 24.5 Å². The van der Waals surface area contributed by atoms with Crippen molar-refractivity contribution in [1.82, 2.24) is 20.6 Å². The second-order valence-electron chi connectivity index (χ2n) is 6.10. The van der Waals surface area contributed by atoms with Crippen molar-refractivity contribution in [3.05, 3.63) is 59.9 Å². The molecule has 28 heavy (non-hydrogen) atoms. The van der Waals surface area contributed by atoms with E-state index < -0.39 is 10.0 Å². The minimum Gasteiger partial charge on any atom is -0.350 e. The number of sulfonamides is 1. The lowest BCUT2D eigenvalue weighted by atomic mass is 10.2. The molecule has 0 saturated carbocycles. The zero-order valence-corrected chi connectivity index (χ0v) is 15.8. The molecule has 3 aromatic rings. The van der Waals surface area contributed by atoms with Gasteiger partial charge in [0, 0.05) is 29.9 Å². The number of aromatic amines is 1. The van der Waals surface area contributed by atoms with Gasteiger partial charge in [0.15, 0.2) is 0 Å². The maximum absolute atomic E-state index is 12.2. The fraction of sp³-hybridized carbons (Fsp3) is 0.167. The highest BCUT2D eigenvalue weighted by Crippen LogP contribution is 2.12. The molecule has 10 heteroatoms. The van der Waals surface area contributed by atoms with Crippen molar-refractivity contribution in [3.63, 3.8) is 0 Å². The van der Waals surface area contributed by atoms with Crippen molar-refractivity contribution in [2.24, 2.45) is 0 Å². The van der Waals surface area contributed by atoms with Crippen LogP contribution in [0, 0.1) is 0 Å². The van der Waals surface area contributed by atoms with Crippen LogP contribution in [0.15, 0.2) is 48.8 Å². The first-order chi connectivity index (χ1) is 13.3. The Morgan fingerprint density at radius 2 is 1.57 bits per heavy atom. The number of benzene rings is 2. The van der Waals surface area contributed by atoms with E-state index in [9.17, 15) is 18.0 Å². The summed E-state index contributed by atoms with van der Waals surface area (Å²) in [4.78, 5) is 31.3. The van der Waals surface area contributed by atoms with Crippen LogP contribution in [0.4, 0.5) is 5.69 Å². The summed E-state index contributed by atoms with van der Waals surface area (Å²) in [6.07, 6.45) is 2.61. The first kappa shape index (κ1) is 19.4. The average molecular weight is 401 g/mol. The van der Waals surface area contributed by atoms with Gasteiger partial charge in [0.1, 0.15) is 0 Å². The van der Waals surface area contributed by atoms with Crippen molar-refractivity contribution < 1.29 is 18.0 Å². The standard InChI is InChI=1S/C18H19N5O4S/c1-28(26,27)23-14-5-2-12(3-6-14)17(24)19-8-9-20-18(25)13-4-7-15-16(10-13)22-11-21-15/h2-7,10-11,23H,8-9H2,1H3,(H,19,24)(H,20,25)(H,21,22). The molecule has 0 spiro atoms. The van der Waals surface area contributed by atoms with Gasteiger partial charge in [-0.2, -0.15) is 0 Å². The van der Waals surface area contributed by atoms with Crippen LogP contribution in [0.2, 0.25) is 0 Å².